The molecule has 11 heteroatoms. The number of fused-ring (bicyclic) bond motifs is 4. The van der Waals surface area contributed by atoms with Crippen molar-refractivity contribution in [1.82, 2.24) is 19.2 Å². The summed E-state index contributed by atoms with van der Waals surface area (Å²) in [5.74, 6) is 1.61. The molecule has 0 spiro atoms. The third-order valence-corrected chi connectivity index (χ3v) is 6.30. The predicted octanol–water partition coefficient (Wildman–Crippen LogP) is 3.61. The van der Waals surface area contributed by atoms with Gasteiger partial charge in [-0.25, -0.2) is 0 Å². The number of amides is 1. The maximum Gasteiger partial charge on any atom is 0.262 e. The molecule has 1 N–H and O–H groups in total. The minimum atomic E-state index is -0.206. The molecule has 0 bridgehead atoms. The van der Waals surface area contributed by atoms with Crippen molar-refractivity contribution in [3.8, 4) is 11.5 Å². The second-order valence-electron chi connectivity index (χ2n) is 7.43. The minimum Gasteiger partial charge on any atom is -0.486 e. The van der Waals surface area contributed by atoms with Gasteiger partial charge in [-0.2, -0.15) is 0 Å². The van der Waals surface area contributed by atoms with E-state index in [2.05, 4.69) is 15.5 Å². The average molecular weight is 486 g/mol. The Hall–Kier alpha value is -3.24. The average Bonchev–Trinajstić information content (AvgIpc) is 3.24. The molecule has 0 saturated heterocycles. The molecule has 33 heavy (non-hydrogen) atoms. The monoisotopic (exact) mass is 485 g/mol. The maximum absolute atomic E-state index is 13.0. The fourth-order valence-corrected chi connectivity index (χ4v) is 4.64. The van der Waals surface area contributed by atoms with Crippen LogP contribution in [-0.4, -0.2) is 44.0 Å². The number of nitrogens with one attached hydrogen (secondary N) is 1. The molecule has 0 atom stereocenters. The summed E-state index contributed by atoms with van der Waals surface area (Å²) in [4.78, 5) is 25.6. The number of nitrogens with zero attached hydrogens (tertiary/aromatic N) is 4. The van der Waals surface area contributed by atoms with Crippen molar-refractivity contribution in [3.05, 3.63) is 51.8 Å². The number of anilines is 1. The van der Waals surface area contributed by atoms with Crippen molar-refractivity contribution in [1.29, 1.82) is 0 Å². The first kappa shape index (κ1) is 21.6. The van der Waals surface area contributed by atoms with Crippen LogP contribution in [0, 0.1) is 0 Å². The maximum atomic E-state index is 13.0. The Morgan fingerprint density at radius 1 is 1.15 bits per heavy atom. The number of carbonyl (C=O) groups excluding carboxylic acids is 1. The minimum absolute atomic E-state index is 0.108. The van der Waals surface area contributed by atoms with Gasteiger partial charge in [-0.15, -0.1) is 10.2 Å². The van der Waals surface area contributed by atoms with Gasteiger partial charge in [0, 0.05) is 23.3 Å². The molecule has 0 aliphatic carbocycles. The van der Waals surface area contributed by atoms with Crippen LogP contribution in [0.5, 0.6) is 11.5 Å². The molecule has 1 aliphatic heterocycles. The number of aromatic nitrogens is 4. The molecule has 0 radical (unpaired) electrons. The number of thioether (sulfide) groups is 1. The van der Waals surface area contributed by atoms with Gasteiger partial charge in [-0.1, -0.05) is 30.3 Å². The van der Waals surface area contributed by atoms with E-state index < -0.39 is 0 Å². The first-order valence-electron chi connectivity index (χ1n) is 10.4. The first-order valence-corrected chi connectivity index (χ1v) is 11.8. The number of rotatable bonds is 6. The normalized spacial score (nSPS) is 12.9. The molecule has 9 nitrogen and oxygen atoms in total. The summed E-state index contributed by atoms with van der Waals surface area (Å²) in [6.45, 7) is 3.47. The van der Waals surface area contributed by atoms with E-state index in [4.69, 9.17) is 21.1 Å². The third kappa shape index (κ3) is 4.11. The lowest BCUT2D eigenvalue weighted by Gasteiger charge is -2.18. The van der Waals surface area contributed by atoms with Crippen molar-refractivity contribution >= 4 is 51.6 Å². The fourth-order valence-electron chi connectivity index (χ4n) is 3.73. The van der Waals surface area contributed by atoms with Crippen molar-refractivity contribution in [2.75, 3.05) is 24.3 Å². The molecule has 1 aliphatic rings. The quantitative estimate of drug-likeness (QED) is 0.416. The predicted molar refractivity (Wildman–Crippen MR) is 127 cm³/mol. The van der Waals surface area contributed by atoms with Crippen LogP contribution in [0.25, 0.3) is 16.7 Å². The Bertz CT molecular complexity index is 1430. The molecule has 0 saturated carbocycles. The topological polar surface area (TPSA) is 99.8 Å². The van der Waals surface area contributed by atoms with E-state index in [0.717, 1.165) is 6.42 Å². The molecule has 170 valence electrons. The standard InChI is InChI=1S/C22H20ClN5O4S/c1-2-7-27-20(30)15-10-13(23)3-5-16(15)28-21(27)25-26-22(28)33-12-19(29)24-14-4-6-17-18(11-14)32-9-8-31-17/h3-6,10-11H,2,7-9,12H2,1H3,(H,24,29). The van der Waals surface area contributed by atoms with Gasteiger partial charge in [-0.3, -0.25) is 18.6 Å². The highest BCUT2D eigenvalue weighted by molar-refractivity contribution is 7.99. The van der Waals surface area contributed by atoms with Crippen molar-refractivity contribution in [2.45, 2.75) is 25.0 Å². The van der Waals surface area contributed by atoms with E-state index in [-0.39, 0.29) is 17.2 Å². The molecular weight excluding hydrogens is 466 g/mol. The number of benzene rings is 2. The zero-order valence-corrected chi connectivity index (χ0v) is 19.3. The van der Waals surface area contributed by atoms with Gasteiger partial charge >= 0.3 is 0 Å². The number of carbonyl (C=O) groups is 1. The van der Waals surface area contributed by atoms with E-state index in [1.54, 1.807) is 45.4 Å². The Morgan fingerprint density at radius 3 is 2.79 bits per heavy atom. The summed E-state index contributed by atoms with van der Waals surface area (Å²) in [6.07, 6.45) is 0.759. The molecular formula is C22H20ClN5O4S. The molecule has 2 aromatic carbocycles. The van der Waals surface area contributed by atoms with Crippen molar-refractivity contribution < 1.29 is 14.3 Å². The number of aryl methyl sites for hydroxylation is 1. The van der Waals surface area contributed by atoms with E-state index >= 15 is 0 Å². The number of halogens is 1. The highest BCUT2D eigenvalue weighted by Gasteiger charge is 2.18. The van der Waals surface area contributed by atoms with E-state index in [1.165, 1.54) is 11.8 Å². The summed E-state index contributed by atoms with van der Waals surface area (Å²) in [6, 6.07) is 10.4. The zero-order valence-electron chi connectivity index (χ0n) is 17.7. The molecule has 2 aromatic heterocycles. The van der Waals surface area contributed by atoms with Crippen LogP contribution in [0.15, 0.2) is 46.3 Å². The lowest BCUT2D eigenvalue weighted by molar-refractivity contribution is -0.113. The highest BCUT2D eigenvalue weighted by atomic mass is 35.5. The Morgan fingerprint density at radius 2 is 1.97 bits per heavy atom. The molecule has 5 rings (SSSR count). The second-order valence-corrected chi connectivity index (χ2v) is 8.81. The molecule has 4 aromatic rings. The van der Waals surface area contributed by atoms with E-state index in [0.29, 0.717) is 63.8 Å². The van der Waals surface area contributed by atoms with Gasteiger partial charge in [0.25, 0.3) is 5.56 Å². The van der Waals surface area contributed by atoms with Crippen LogP contribution in [0.1, 0.15) is 13.3 Å². The van der Waals surface area contributed by atoms with E-state index in [9.17, 15) is 9.59 Å². The molecule has 0 fully saturated rings. The van der Waals surface area contributed by atoms with E-state index in [1.807, 2.05) is 6.92 Å². The van der Waals surface area contributed by atoms with Gasteiger partial charge in [-0.05, 0) is 36.8 Å². The summed E-state index contributed by atoms with van der Waals surface area (Å²) >= 11 is 7.38. The third-order valence-electron chi connectivity index (χ3n) is 5.14. The van der Waals surface area contributed by atoms with Gasteiger partial charge in [0.2, 0.25) is 11.7 Å². The SMILES string of the molecule is CCCn1c(=O)c2cc(Cl)ccc2n2c(SCC(=O)Nc3ccc4c(c3)OCCO4)nnc12. The lowest BCUT2D eigenvalue weighted by atomic mass is 10.2. The Labute approximate surface area is 197 Å². The van der Waals surface area contributed by atoms with Crippen LogP contribution in [-0.2, 0) is 11.3 Å². The van der Waals surface area contributed by atoms with Gasteiger partial charge in [0.05, 0.1) is 16.7 Å². The summed E-state index contributed by atoms with van der Waals surface area (Å²) in [7, 11) is 0. The number of ether oxygens (including phenoxy) is 2. The van der Waals surface area contributed by atoms with Crippen LogP contribution in [0.2, 0.25) is 5.02 Å². The Kier molecular flexibility index (Phi) is 5.86. The van der Waals surface area contributed by atoms with Gasteiger partial charge in [0.1, 0.15) is 13.2 Å². The van der Waals surface area contributed by atoms with Crippen LogP contribution >= 0.6 is 23.4 Å². The van der Waals surface area contributed by atoms with Crippen LogP contribution < -0.4 is 20.3 Å². The molecule has 3 heterocycles. The summed E-state index contributed by atoms with van der Waals surface area (Å²) in [5, 5.41) is 12.8. The first-order chi connectivity index (χ1) is 16.0. The second kappa shape index (κ2) is 8.95. The van der Waals surface area contributed by atoms with Crippen LogP contribution in [0.4, 0.5) is 5.69 Å². The Balaban J connectivity index is 1.42. The van der Waals surface area contributed by atoms with Gasteiger partial charge < -0.3 is 14.8 Å². The number of hydrogen-bond donors (Lipinski definition) is 1. The fraction of sp³-hybridized carbons (Fsp3) is 0.273. The van der Waals surface area contributed by atoms with Crippen molar-refractivity contribution in [2.24, 2.45) is 0 Å². The summed E-state index contributed by atoms with van der Waals surface area (Å²) < 4.78 is 14.5. The van der Waals surface area contributed by atoms with Crippen LogP contribution in [0.3, 0.4) is 0 Å². The lowest BCUT2D eigenvalue weighted by Crippen LogP contribution is -2.23. The molecule has 0 unspecified atom stereocenters. The smallest absolute Gasteiger partial charge is 0.262 e. The number of hydrogen-bond acceptors (Lipinski definition) is 7. The van der Waals surface area contributed by atoms with Gasteiger partial charge in [0.15, 0.2) is 16.7 Å². The highest BCUT2D eigenvalue weighted by Crippen LogP contribution is 2.32. The molecule has 1 amide bonds. The summed E-state index contributed by atoms with van der Waals surface area (Å²) in [5.41, 5.74) is 1.10. The zero-order chi connectivity index (χ0) is 22.9. The van der Waals surface area contributed by atoms with Crippen molar-refractivity contribution in [3.63, 3.8) is 0 Å². The largest absolute Gasteiger partial charge is 0.486 e.